The zero-order valence-electron chi connectivity index (χ0n) is 10.6. The van der Waals surface area contributed by atoms with Crippen LogP contribution in [-0.2, 0) is 6.42 Å². The van der Waals surface area contributed by atoms with E-state index in [1.165, 1.54) is 25.7 Å². The molecule has 1 heterocycles. The van der Waals surface area contributed by atoms with Crippen molar-refractivity contribution in [2.75, 3.05) is 5.32 Å². The molecule has 17 heavy (non-hydrogen) atoms. The molecule has 0 saturated heterocycles. The number of rotatable bonds is 4. The summed E-state index contributed by atoms with van der Waals surface area (Å²) in [4.78, 5) is 18.6. The van der Waals surface area contributed by atoms with Gasteiger partial charge in [0.05, 0.1) is 0 Å². The maximum atomic E-state index is 11.4. The van der Waals surface area contributed by atoms with Crippen LogP contribution in [0.15, 0.2) is 10.9 Å². The van der Waals surface area contributed by atoms with Crippen LogP contribution < -0.4 is 10.9 Å². The third-order valence-corrected chi connectivity index (χ3v) is 3.61. The largest absolute Gasteiger partial charge is 0.367 e. The smallest absolute Gasteiger partial charge is 0.252 e. The van der Waals surface area contributed by atoms with Gasteiger partial charge in [-0.1, -0.05) is 19.8 Å². The molecule has 1 aromatic rings. The topological polar surface area (TPSA) is 57.8 Å². The molecule has 0 aliphatic heterocycles. The molecule has 1 aliphatic rings. The van der Waals surface area contributed by atoms with E-state index in [1.54, 1.807) is 6.07 Å². The van der Waals surface area contributed by atoms with Gasteiger partial charge in [0.1, 0.15) is 11.6 Å². The number of aromatic amines is 1. The first-order valence-corrected chi connectivity index (χ1v) is 6.56. The van der Waals surface area contributed by atoms with Crippen LogP contribution >= 0.6 is 0 Å². The Hall–Kier alpha value is -1.32. The zero-order valence-corrected chi connectivity index (χ0v) is 10.6. The molecule has 2 N–H and O–H groups in total. The monoisotopic (exact) mass is 235 g/mol. The summed E-state index contributed by atoms with van der Waals surface area (Å²) in [5, 5.41) is 3.37. The number of nitrogens with zero attached hydrogens (tertiary/aromatic N) is 1. The van der Waals surface area contributed by atoms with Crippen LogP contribution in [0.2, 0.25) is 0 Å². The highest BCUT2D eigenvalue weighted by atomic mass is 16.1. The Morgan fingerprint density at radius 3 is 2.88 bits per heavy atom. The first kappa shape index (κ1) is 12.1. The fourth-order valence-corrected chi connectivity index (χ4v) is 2.56. The Kier molecular flexibility index (Phi) is 3.82. The Morgan fingerprint density at radius 1 is 1.53 bits per heavy atom. The summed E-state index contributed by atoms with van der Waals surface area (Å²) in [6.07, 6.45) is 6.00. The predicted molar refractivity (Wildman–Crippen MR) is 69.3 cm³/mol. The molecule has 1 aliphatic carbocycles. The number of H-pyrrole nitrogens is 1. The minimum atomic E-state index is -0.0713. The summed E-state index contributed by atoms with van der Waals surface area (Å²) in [7, 11) is 0. The second-order valence-corrected chi connectivity index (χ2v) is 4.91. The third-order valence-electron chi connectivity index (χ3n) is 3.61. The highest BCUT2D eigenvalue weighted by Gasteiger charge is 2.21. The lowest BCUT2D eigenvalue weighted by molar-refractivity contribution is 0.481. The minimum Gasteiger partial charge on any atom is -0.367 e. The molecule has 1 atom stereocenters. The molecule has 1 fully saturated rings. The highest BCUT2D eigenvalue weighted by Crippen LogP contribution is 2.28. The second kappa shape index (κ2) is 5.34. The second-order valence-electron chi connectivity index (χ2n) is 4.91. The van der Waals surface area contributed by atoms with Gasteiger partial charge in [-0.25, -0.2) is 4.98 Å². The summed E-state index contributed by atoms with van der Waals surface area (Å²) < 4.78 is 0. The van der Waals surface area contributed by atoms with Crippen molar-refractivity contribution in [3.8, 4) is 0 Å². The average Bonchev–Trinajstić information content (AvgIpc) is 2.81. The number of hydrogen-bond donors (Lipinski definition) is 2. The Morgan fingerprint density at radius 2 is 2.24 bits per heavy atom. The molecule has 0 bridgehead atoms. The quantitative estimate of drug-likeness (QED) is 0.842. The van der Waals surface area contributed by atoms with E-state index in [0.29, 0.717) is 11.9 Å². The molecular formula is C13H21N3O. The van der Waals surface area contributed by atoms with Gasteiger partial charge in [0.2, 0.25) is 0 Å². The van der Waals surface area contributed by atoms with Crippen molar-refractivity contribution in [3.63, 3.8) is 0 Å². The van der Waals surface area contributed by atoms with Crippen LogP contribution in [0.1, 0.15) is 45.4 Å². The van der Waals surface area contributed by atoms with Crippen molar-refractivity contribution in [1.29, 1.82) is 0 Å². The van der Waals surface area contributed by atoms with Crippen LogP contribution in [0.4, 0.5) is 5.82 Å². The van der Waals surface area contributed by atoms with Gasteiger partial charge < -0.3 is 10.3 Å². The standard InChI is InChI=1S/C13H21N3O/c1-3-11-15-12(8-13(17)16-11)14-9(2)10-6-4-5-7-10/h8-10H,3-7H2,1-2H3,(H2,14,15,16,17). The van der Waals surface area contributed by atoms with Gasteiger partial charge in [-0.2, -0.15) is 0 Å². The van der Waals surface area contributed by atoms with E-state index in [-0.39, 0.29) is 5.56 Å². The SMILES string of the molecule is CCc1nc(NC(C)C2CCCC2)cc(=O)[nH]1. The van der Waals surface area contributed by atoms with Crippen molar-refractivity contribution in [1.82, 2.24) is 9.97 Å². The molecule has 4 nitrogen and oxygen atoms in total. The van der Waals surface area contributed by atoms with Gasteiger partial charge in [0.25, 0.3) is 5.56 Å². The van der Waals surface area contributed by atoms with Crippen LogP contribution in [0.25, 0.3) is 0 Å². The maximum absolute atomic E-state index is 11.4. The van der Waals surface area contributed by atoms with Crippen LogP contribution in [0, 0.1) is 5.92 Å². The van der Waals surface area contributed by atoms with E-state index in [2.05, 4.69) is 22.2 Å². The number of anilines is 1. The molecule has 94 valence electrons. The minimum absolute atomic E-state index is 0.0713. The lowest BCUT2D eigenvalue weighted by Crippen LogP contribution is -2.25. The molecule has 0 radical (unpaired) electrons. The number of aromatic nitrogens is 2. The van der Waals surface area contributed by atoms with E-state index >= 15 is 0 Å². The summed E-state index contributed by atoms with van der Waals surface area (Å²) in [6.45, 7) is 4.17. The molecule has 1 saturated carbocycles. The molecule has 0 spiro atoms. The molecule has 4 heteroatoms. The molecular weight excluding hydrogens is 214 g/mol. The van der Waals surface area contributed by atoms with Gasteiger partial charge in [0.15, 0.2) is 0 Å². The van der Waals surface area contributed by atoms with Crippen LogP contribution in [0.5, 0.6) is 0 Å². The van der Waals surface area contributed by atoms with E-state index in [0.717, 1.165) is 18.2 Å². The Labute approximate surface area is 102 Å². The molecule has 1 aromatic heterocycles. The lowest BCUT2D eigenvalue weighted by atomic mass is 10.00. The lowest BCUT2D eigenvalue weighted by Gasteiger charge is -2.20. The first-order valence-electron chi connectivity index (χ1n) is 6.56. The Balaban J connectivity index is 2.06. The first-order chi connectivity index (χ1) is 8.19. The summed E-state index contributed by atoms with van der Waals surface area (Å²) >= 11 is 0. The van der Waals surface area contributed by atoms with Crippen molar-refractivity contribution in [3.05, 3.63) is 22.2 Å². The normalized spacial score (nSPS) is 18.2. The van der Waals surface area contributed by atoms with E-state index in [9.17, 15) is 4.79 Å². The van der Waals surface area contributed by atoms with E-state index in [4.69, 9.17) is 0 Å². The van der Waals surface area contributed by atoms with E-state index in [1.807, 2.05) is 6.92 Å². The fraction of sp³-hybridized carbons (Fsp3) is 0.692. The molecule has 0 aromatic carbocycles. The highest BCUT2D eigenvalue weighted by molar-refractivity contribution is 5.34. The van der Waals surface area contributed by atoms with Gasteiger partial charge in [0, 0.05) is 18.5 Å². The number of aryl methyl sites for hydroxylation is 1. The third kappa shape index (κ3) is 3.08. The molecule has 1 unspecified atom stereocenters. The van der Waals surface area contributed by atoms with Crippen molar-refractivity contribution < 1.29 is 0 Å². The van der Waals surface area contributed by atoms with E-state index < -0.39 is 0 Å². The van der Waals surface area contributed by atoms with Gasteiger partial charge in [-0.15, -0.1) is 0 Å². The molecule has 0 amide bonds. The van der Waals surface area contributed by atoms with Crippen LogP contribution in [-0.4, -0.2) is 16.0 Å². The number of nitrogens with one attached hydrogen (secondary N) is 2. The summed E-state index contributed by atoms with van der Waals surface area (Å²) in [5.74, 6) is 2.18. The van der Waals surface area contributed by atoms with Gasteiger partial charge in [-0.3, -0.25) is 4.79 Å². The number of hydrogen-bond acceptors (Lipinski definition) is 3. The predicted octanol–water partition coefficient (Wildman–Crippen LogP) is 2.32. The van der Waals surface area contributed by atoms with Crippen LogP contribution in [0.3, 0.4) is 0 Å². The van der Waals surface area contributed by atoms with Crippen molar-refractivity contribution >= 4 is 5.82 Å². The van der Waals surface area contributed by atoms with Gasteiger partial charge in [-0.05, 0) is 25.7 Å². The van der Waals surface area contributed by atoms with Gasteiger partial charge >= 0.3 is 0 Å². The zero-order chi connectivity index (χ0) is 12.3. The van der Waals surface area contributed by atoms with Crippen molar-refractivity contribution in [2.24, 2.45) is 5.92 Å². The maximum Gasteiger partial charge on any atom is 0.252 e. The Bertz CT molecular complexity index is 421. The molecule has 2 rings (SSSR count). The average molecular weight is 235 g/mol. The summed E-state index contributed by atoms with van der Waals surface area (Å²) in [5.41, 5.74) is -0.0713. The van der Waals surface area contributed by atoms with Crippen molar-refractivity contribution in [2.45, 2.75) is 52.0 Å². The summed E-state index contributed by atoms with van der Waals surface area (Å²) in [6, 6.07) is 1.95. The fourth-order valence-electron chi connectivity index (χ4n) is 2.56.